The van der Waals surface area contributed by atoms with E-state index in [-0.39, 0.29) is 11.5 Å². The molecule has 1 amide bonds. The number of hydrogen-bond donors (Lipinski definition) is 1. The van der Waals surface area contributed by atoms with E-state index in [1.807, 2.05) is 12.1 Å². The Morgan fingerprint density at radius 2 is 1.56 bits per heavy atom. The van der Waals surface area contributed by atoms with E-state index in [4.69, 9.17) is 14.0 Å². The Morgan fingerprint density at radius 1 is 0.812 bits per heavy atom. The van der Waals surface area contributed by atoms with Crippen LogP contribution < -0.4 is 14.8 Å². The van der Waals surface area contributed by atoms with Gasteiger partial charge in [-0.05, 0) is 30.3 Å². The van der Waals surface area contributed by atoms with Gasteiger partial charge in [-0.1, -0.05) is 47.6 Å². The van der Waals surface area contributed by atoms with E-state index in [0.29, 0.717) is 52.9 Å². The molecule has 0 fully saturated rings. The number of amides is 1. The highest BCUT2D eigenvalue weighted by Crippen LogP contribution is 2.34. The molecule has 2 heterocycles. The van der Waals surface area contributed by atoms with Crippen LogP contribution >= 0.6 is 0 Å². The lowest BCUT2D eigenvalue weighted by Gasteiger charge is -2.18. The van der Waals surface area contributed by atoms with Gasteiger partial charge in [0.05, 0.1) is 5.69 Å². The van der Waals surface area contributed by atoms with Crippen molar-refractivity contribution in [2.45, 2.75) is 0 Å². The van der Waals surface area contributed by atoms with Gasteiger partial charge in [-0.25, -0.2) is 0 Å². The highest BCUT2D eigenvalue weighted by molar-refractivity contribution is 6.15. The van der Waals surface area contributed by atoms with Gasteiger partial charge >= 0.3 is 0 Å². The molecule has 7 nitrogen and oxygen atoms in total. The van der Waals surface area contributed by atoms with E-state index in [2.05, 4.69) is 10.5 Å². The lowest BCUT2D eigenvalue weighted by atomic mass is 10.0. The molecule has 0 radical (unpaired) electrons. The molecular weight excluding hydrogens is 408 g/mol. The Bertz CT molecular complexity index is 1300. The number of hydrogen-bond acceptors (Lipinski definition) is 6. The number of fused-ring (bicyclic) bond motifs is 1. The van der Waals surface area contributed by atoms with Crippen molar-refractivity contribution in [3.8, 4) is 22.8 Å². The van der Waals surface area contributed by atoms with Crippen LogP contribution in [0, 0.1) is 0 Å². The number of para-hydroxylation sites is 1. The summed E-state index contributed by atoms with van der Waals surface area (Å²) in [6.45, 7) is 0.981. The SMILES string of the molecule is O=C(Nc1ccccc1C(=O)c1ccccc1)c1cc(-c2ccc3c(c2)OCCO3)on1. The zero-order valence-electron chi connectivity index (χ0n) is 16.9. The van der Waals surface area contributed by atoms with E-state index in [1.54, 1.807) is 66.7 Å². The first-order valence-corrected chi connectivity index (χ1v) is 10.1. The molecule has 5 rings (SSSR count). The Balaban J connectivity index is 1.37. The number of carbonyl (C=O) groups is 2. The Labute approximate surface area is 183 Å². The van der Waals surface area contributed by atoms with Gasteiger partial charge in [-0.2, -0.15) is 0 Å². The van der Waals surface area contributed by atoms with E-state index in [1.165, 1.54) is 0 Å². The summed E-state index contributed by atoms with van der Waals surface area (Å²) >= 11 is 0. The fourth-order valence-corrected chi connectivity index (χ4v) is 3.44. The van der Waals surface area contributed by atoms with Crippen LogP contribution in [0.25, 0.3) is 11.3 Å². The molecule has 0 unspecified atom stereocenters. The fourth-order valence-electron chi connectivity index (χ4n) is 3.44. The average molecular weight is 426 g/mol. The second kappa shape index (κ2) is 8.39. The van der Waals surface area contributed by atoms with Gasteiger partial charge in [-0.3, -0.25) is 9.59 Å². The van der Waals surface area contributed by atoms with Gasteiger partial charge < -0.3 is 19.3 Å². The summed E-state index contributed by atoms with van der Waals surface area (Å²) in [6, 6.07) is 22.7. The number of ketones is 1. The number of aromatic nitrogens is 1. The number of nitrogens with one attached hydrogen (secondary N) is 1. The van der Waals surface area contributed by atoms with E-state index >= 15 is 0 Å². The Hall–Kier alpha value is -4.39. The molecule has 0 saturated carbocycles. The van der Waals surface area contributed by atoms with Crippen molar-refractivity contribution in [2.75, 3.05) is 18.5 Å². The number of benzene rings is 3. The monoisotopic (exact) mass is 426 g/mol. The number of anilines is 1. The third-order valence-electron chi connectivity index (χ3n) is 5.03. The summed E-state index contributed by atoms with van der Waals surface area (Å²) < 4.78 is 16.5. The van der Waals surface area contributed by atoms with Crippen LogP contribution in [-0.2, 0) is 0 Å². The molecule has 0 spiro atoms. The first kappa shape index (κ1) is 19.6. The van der Waals surface area contributed by atoms with E-state index in [0.717, 1.165) is 0 Å². The summed E-state index contributed by atoms with van der Waals surface area (Å²) in [7, 11) is 0. The maximum Gasteiger partial charge on any atom is 0.277 e. The maximum atomic E-state index is 12.9. The molecule has 1 aliphatic heterocycles. The minimum atomic E-state index is -0.481. The third kappa shape index (κ3) is 3.83. The van der Waals surface area contributed by atoms with Gasteiger partial charge in [0.15, 0.2) is 28.7 Å². The average Bonchev–Trinajstić information content (AvgIpc) is 3.35. The van der Waals surface area contributed by atoms with Gasteiger partial charge in [0, 0.05) is 22.8 Å². The topological polar surface area (TPSA) is 90.7 Å². The predicted molar refractivity (Wildman–Crippen MR) is 117 cm³/mol. The second-order valence-electron chi connectivity index (χ2n) is 7.13. The molecule has 3 aromatic carbocycles. The Kier molecular flexibility index (Phi) is 5.13. The summed E-state index contributed by atoms with van der Waals surface area (Å²) in [5.74, 6) is 1.03. The summed E-state index contributed by atoms with van der Waals surface area (Å²) in [4.78, 5) is 25.7. The molecule has 1 N–H and O–H groups in total. The number of carbonyl (C=O) groups excluding carboxylic acids is 2. The van der Waals surface area contributed by atoms with Gasteiger partial charge in [0.2, 0.25) is 0 Å². The van der Waals surface area contributed by atoms with Crippen LogP contribution in [0.3, 0.4) is 0 Å². The van der Waals surface area contributed by atoms with Crippen molar-refractivity contribution in [1.82, 2.24) is 5.16 Å². The van der Waals surface area contributed by atoms with Crippen molar-refractivity contribution in [2.24, 2.45) is 0 Å². The number of nitrogens with zero attached hydrogens (tertiary/aromatic N) is 1. The van der Waals surface area contributed by atoms with Crippen molar-refractivity contribution in [1.29, 1.82) is 0 Å². The fraction of sp³-hybridized carbons (Fsp3) is 0.0800. The zero-order valence-corrected chi connectivity index (χ0v) is 16.9. The van der Waals surface area contributed by atoms with Crippen LogP contribution in [-0.4, -0.2) is 30.1 Å². The van der Waals surface area contributed by atoms with Crippen molar-refractivity contribution >= 4 is 17.4 Å². The molecular formula is C25H18N2O5. The van der Waals surface area contributed by atoms with Crippen molar-refractivity contribution in [3.05, 3.63) is 95.7 Å². The van der Waals surface area contributed by atoms with Gasteiger partial charge in [-0.15, -0.1) is 0 Å². The number of ether oxygens (including phenoxy) is 2. The molecule has 158 valence electrons. The smallest absolute Gasteiger partial charge is 0.277 e. The molecule has 4 aromatic rings. The molecule has 0 bridgehead atoms. The molecule has 1 aromatic heterocycles. The largest absolute Gasteiger partial charge is 0.486 e. The molecule has 0 aliphatic carbocycles. The van der Waals surface area contributed by atoms with Gasteiger partial charge in [0.25, 0.3) is 5.91 Å². The standard InChI is InChI=1S/C25H18N2O5/c28-24(16-6-2-1-3-7-16)18-8-4-5-9-19(18)26-25(29)20-15-22(32-27-20)17-10-11-21-23(14-17)31-13-12-30-21/h1-11,14-15H,12-13H2,(H,26,29). The first-order valence-electron chi connectivity index (χ1n) is 10.1. The van der Waals surface area contributed by atoms with Crippen molar-refractivity contribution < 1.29 is 23.6 Å². The zero-order chi connectivity index (χ0) is 21.9. The van der Waals surface area contributed by atoms with Crippen LogP contribution in [0.5, 0.6) is 11.5 Å². The summed E-state index contributed by atoms with van der Waals surface area (Å²) in [5.41, 5.74) is 2.13. The number of rotatable bonds is 5. The summed E-state index contributed by atoms with van der Waals surface area (Å²) in [5, 5.41) is 6.65. The van der Waals surface area contributed by atoms with E-state index in [9.17, 15) is 9.59 Å². The first-order chi connectivity index (χ1) is 15.7. The highest BCUT2D eigenvalue weighted by Gasteiger charge is 2.19. The van der Waals surface area contributed by atoms with Crippen LogP contribution in [0.2, 0.25) is 0 Å². The molecule has 0 atom stereocenters. The van der Waals surface area contributed by atoms with Crippen LogP contribution in [0.4, 0.5) is 5.69 Å². The molecule has 0 saturated heterocycles. The second-order valence-corrected chi connectivity index (χ2v) is 7.13. The highest BCUT2D eigenvalue weighted by atomic mass is 16.6. The molecule has 32 heavy (non-hydrogen) atoms. The quantitative estimate of drug-likeness (QED) is 0.469. The van der Waals surface area contributed by atoms with Crippen LogP contribution in [0.15, 0.2) is 83.4 Å². The van der Waals surface area contributed by atoms with Crippen LogP contribution in [0.1, 0.15) is 26.4 Å². The minimum Gasteiger partial charge on any atom is -0.486 e. The summed E-state index contributed by atoms with van der Waals surface area (Å²) in [6.07, 6.45) is 0. The lowest BCUT2D eigenvalue weighted by Crippen LogP contribution is -2.15. The Morgan fingerprint density at radius 3 is 2.41 bits per heavy atom. The normalized spacial score (nSPS) is 12.2. The van der Waals surface area contributed by atoms with Crippen molar-refractivity contribution in [3.63, 3.8) is 0 Å². The minimum absolute atomic E-state index is 0.0943. The maximum absolute atomic E-state index is 12.9. The molecule has 1 aliphatic rings. The lowest BCUT2D eigenvalue weighted by molar-refractivity contribution is 0.101. The predicted octanol–water partition coefficient (Wildman–Crippen LogP) is 4.60. The van der Waals surface area contributed by atoms with Gasteiger partial charge in [0.1, 0.15) is 13.2 Å². The van der Waals surface area contributed by atoms with E-state index < -0.39 is 5.91 Å². The third-order valence-corrected chi connectivity index (χ3v) is 5.03. The molecule has 7 heteroatoms.